The van der Waals surface area contributed by atoms with Crippen molar-refractivity contribution >= 4 is 97.9 Å². The average molecular weight is 761 g/mol. The van der Waals surface area contributed by atoms with Gasteiger partial charge < -0.3 is 4.42 Å². The SMILES string of the molecule is c1ccc(-c2nc(-c3cccc4c3oc3ccccc34)nc(-n3c4ccccc4c4ccc5c6ccccc6n(-c6nc7c(ccc8ccccc87)s6)c5c43)n2)cc1. The molecule has 7 nitrogen and oxygen atoms in total. The van der Waals surface area contributed by atoms with Crippen molar-refractivity contribution in [1.82, 2.24) is 29.1 Å². The summed E-state index contributed by atoms with van der Waals surface area (Å²) in [5.41, 5.74) is 8.39. The van der Waals surface area contributed by atoms with E-state index in [0.29, 0.717) is 17.6 Å². The van der Waals surface area contributed by atoms with Crippen molar-refractivity contribution in [1.29, 1.82) is 0 Å². The first-order chi connectivity index (χ1) is 28.8. The molecule has 13 rings (SSSR count). The highest BCUT2D eigenvalue weighted by Crippen LogP contribution is 2.43. The predicted octanol–water partition coefficient (Wildman–Crippen LogP) is 13.1. The van der Waals surface area contributed by atoms with E-state index in [2.05, 4.69) is 124 Å². The molecule has 0 aliphatic rings. The number of hydrogen-bond acceptors (Lipinski definition) is 6. The van der Waals surface area contributed by atoms with Crippen molar-refractivity contribution < 1.29 is 4.42 Å². The molecule has 0 aliphatic carbocycles. The van der Waals surface area contributed by atoms with Crippen molar-refractivity contribution in [3.63, 3.8) is 0 Å². The number of thiazole rings is 1. The van der Waals surface area contributed by atoms with Crippen LogP contribution >= 0.6 is 11.3 Å². The van der Waals surface area contributed by atoms with Crippen molar-refractivity contribution in [2.24, 2.45) is 0 Å². The average Bonchev–Trinajstić information content (AvgIpc) is 4.06. The molecule has 8 heteroatoms. The number of furan rings is 1. The van der Waals surface area contributed by atoms with Gasteiger partial charge in [0.1, 0.15) is 11.2 Å². The third-order valence-corrected chi connectivity index (χ3v) is 12.4. The number of aromatic nitrogens is 6. The van der Waals surface area contributed by atoms with Crippen molar-refractivity contribution in [3.8, 4) is 33.9 Å². The van der Waals surface area contributed by atoms with Gasteiger partial charge in [-0.25, -0.2) is 9.97 Å². The molecule has 0 bridgehead atoms. The summed E-state index contributed by atoms with van der Waals surface area (Å²) < 4.78 is 12.3. The monoisotopic (exact) mass is 760 g/mol. The Morgan fingerprint density at radius 1 is 0.431 bits per heavy atom. The van der Waals surface area contributed by atoms with E-state index in [9.17, 15) is 0 Å². The second kappa shape index (κ2) is 11.9. The van der Waals surface area contributed by atoms with E-state index >= 15 is 0 Å². The number of benzene rings is 8. The van der Waals surface area contributed by atoms with Gasteiger partial charge in [-0.15, -0.1) is 0 Å². The lowest BCUT2D eigenvalue weighted by Gasteiger charge is -2.12. The lowest BCUT2D eigenvalue weighted by Crippen LogP contribution is -2.07. The fourth-order valence-corrected chi connectivity index (χ4v) is 9.88. The maximum Gasteiger partial charge on any atom is 0.238 e. The standard InChI is InChI=1S/C50H28N6OS/c1-2-14-30(15-3-1)47-52-48(38-21-12-20-37-34-19-8-11-24-41(34)57-46(37)38)54-49(53-47)55-39-22-9-6-17-32(39)35-26-27-36-33-18-7-10-23-40(33)56(45(36)44(35)55)50-51-43-31-16-5-4-13-29(31)25-28-42(43)58-50/h1-28H. The number of para-hydroxylation sites is 4. The van der Waals surface area contributed by atoms with Crippen LogP contribution in [0.25, 0.3) is 120 Å². The lowest BCUT2D eigenvalue weighted by molar-refractivity contribution is 0.669. The molecule has 5 heterocycles. The summed E-state index contributed by atoms with van der Waals surface area (Å²) in [6, 6.07) is 59.0. The number of rotatable bonds is 4. The maximum atomic E-state index is 6.55. The van der Waals surface area contributed by atoms with Gasteiger partial charge in [-0.05, 0) is 35.7 Å². The molecule has 0 fully saturated rings. The molecule has 0 amide bonds. The van der Waals surface area contributed by atoms with Gasteiger partial charge in [0.15, 0.2) is 16.8 Å². The van der Waals surface area contributed by atoms with Gasteiger partial charge in [-0.2, -0.15) is 9.97 Å². The summed E-state index contributed by atoms with van der Waals surface area (Å²) in [5.74, 6) is 1.62. The van der Waals surface area contributed by atoms with Crippen LogP contribution in [0.4, 0.5) is 0 Å². The van der Waals surface area contributed by atoms with Crippen LogP contribution < -0.4 is 0 Å². The molecule has 8 aromatic carbocycles. The number of hydrogen-bond donors (Lipinski definition) is 0. The zero-order valence-corrected chi connectivity index (χ0v) is 31.5. The fourth-order valence-electron chi connectivity index (χ4n) is 8.88. The van der Waals surface area contributed by atoms with E-state index in [1.165, 1.54) is 5.39 Å². The Balaban J connectivity index is 1.17. The Labute approximate surface area is 333 Å². The van der Waals surface area contributed by atoms with Crippen LogP contribution in [-0.2, 0) is 0 Å². The van der Waals surface area contributed by atoms with Gasteiger partial charge in [0.25, 0.3) is 0 Å². The van der Waals surface area contributed by atoms with Gasteiger partial charge in [0, 0.05) is 43.3 Å². The van der Waals surface area contributed by atoms with Crippen molar-refractivity contribution in [3.05, 3.63) is 170 Å². The molecule has 0 unspecified atom stereocenters. The van der Waals surface area contributed by atoms with E-state index < -0.39 is 0 Å². The predicted molar refractivity (Wildman–Crippen MR) is 237 cm³/mol. The molecular weight excluding hydrogens is 733 g/mol. The summed E-state index contributed by atoms with van der Waals surface area (Å²) in [7, 11) is 0. The van der Waals surface area contributed by atoms with Crippen LogP contribution in [0.3, 0.4) is 0 Å². The van der Waals surface area contributed by atoms with Crippen LogP contribution in [-0.4, -0.2) is 29.1 Å². The van der Waals surface area contributed by atoms with Gasteiger partial charge in [-0.3, -0.25) is 9.13 Å². The largest absolute Gasteiger partial charge is 0.455 e. The minimum absolute atomic E-state index is 0.516. The Bertz CT molecular complexity index is 3820. The van der Waals surface area contributed by atoms with Crippen LogP contribution in [0.1, 0.15) is 0 Å². The van der Waals surface area contributed by atoms with Gasteiger partial charge in [0.05, 0.1) is 37.8 Å². The van der Waals surface area contributed by atoms with Crippen LogP contribution in [0.5, 0.6) is 0 Å². The third kappa shape index (κ3) is 4.43. The van der Waals surface area contributed by atoms with Crippen LogP contribution in [0.15, 0.2) is 174 Å². The van der Waals surface area contributed by atoms with Crippen molar-refractivity contribution in [2.45, 2.75) is 0 Å². The Kier molecular flexibility index (Phi) is 6.47. The minimum atomic E-state index is 0.516. The van der Waals surface area contributed by atoms with Crippen LogP contribution in [0.2, 0.25) is 0 Å². The molecule has 58 heavy (non-hydrogen) atoms. The second-order valence-electron chi connectivity index (χ2n) is 14.6. The Hall–Kier alpha value is -7.68. The topological polar surface area (TPSA) is 74.6 Å². The fraction of sp³-hybridized carbons (Fsp3) is 0. The quantitative estimate of drug-likeness (QED) is 0.179. The minimum Gasteiger partial charge on any atom is -0.455 e. The molecule has 0 atom stereocenters. The summed E-state index contributed by atoms with van der Waals surface area (Å²) >= 11 is 1.71. The maximum absolute atomic E-state index is 6.55. The lowest BCUT2D eigenvalue weighted by atomic mass is 10.1. The molecule has 0 aliphatic heterocycles. The highest BCUT2D eigenvalue weighted by molar-refractivity contribution is 7.21. The van der Waals surface area contributed by atoms with Crippen molar-refractivity contribution in [2.75, 3.05) is 0 Å². The Morgan fingerprint density at radius 3 is 1.88 bits per heavy atom. The van der Waals surface area contributed by atoms with E-state index in [4.69, 9.17) is 24.4 Å². The van der Waals surface area contributed by atoms with Crippen LogP contribution in [0, 0.1) is 0 Å². The highest BCUT2D eigenvalue weighted by atomic mass is 32.1. The van der Waals surface area contributed by atoms with Gasteiger partial charge in [0.2, 0.25) is 5.95 Å². The molecule has 0 saturated heterocycles. The molecule has 0 spiro atoms. The van der Waals surface area contributed by atoms with E-state index in [1.54, 1.807) is 11.3 Å². The molecule has 0 radical (unpaired) electrons. The van der Waals surface area contributed by atoms with Gasteiger partial charge in [-0.1, -0.05) is 151 Å². The highest BCUT2D eigenvalue weighted by Gasteiger charge is 2.25. The molecular formula is C50H28N6OS. The van der Waals surface area contributed by atoms with E-state index in [1.807, 2.05) is 54.6 Å². The summed E-state index contributed by atoms with van der Waals surface area (Å²) in [5, 5.41) is 9.78. The number of nitrogens with zero attached hydrogens (tertiary/aromatic N) is 6. The smallest absolute Gasteiger partial charge is 0.238 e. The van der Waals surface area contributed by atoms with Gasteiger partial charge >= 0.3 is 0 Å². The third-order valence-electron chi connectivity index (χ3n) is 11.4. The molecule has 5 aromatic heterocycles. The summed E-state index contributed by atoms with van der Waals surface area (Å²) in [6.07, 6.45) is 0. The normalized spacial score (nSPS) is 12.1. The van der Waals surface area contributed by atoms with E-state index in [0.717, 1.165) is 97.4 Å². The second-order valence-corrected chi connectivity index (χ2v) is 15.6. The molecule has 270 valence electrons. The van der Waals surface area contributed by atoms with E-state index in [-0.39, 0.29) is 0 Å². The first-order valence-electron chi connectivity index (χ1n) is 19.2. The summed E-state index contributed by atoms with van der Waals surface area (Å²) in [6.45, 7) is 0. The molecule has 0 N–H and O–H groups in total. The molecule has 0 saturated carbocycles. The first kappa shape index (κ1) is 31.5. The molecule has 13 aromatic rings. The Morgan fingerprint density at radius 2 is 1.07 bits per heavy atom. The number of fused-ring (bicyclic) bond motifs is 13. The summed E-state index contributed by atoms with van der Waals surface area (Å²) in [4.78, 5) is 21.3. The zero-order valence-electron chi connectivity index (χ0n) is 30.7. The zero-order chi connectivity index (χ0) is 37.9. The first-order valence-corrected chi connectivity index (χ1v) is 20.0.